The monoisotopic (exact) mass is 447 g/mol. The SMILES string of the molecule is COc1ccc(CN2CCN(c3nc(-c4cccc(F)c4)c4c(N)n(C)nc4n3)CC2)cc1. The molecule has 2 N–H and O–H groups in total. The molecule has 0 aliphatic carbocycles. The summed E-state index contributed by atoms with van der Waals surface area (Å²) < 4.78 is 20.8. The van der Waals surface area contributed by atoms with Gasteiger partial charge < -0.3 is 15.4 Å². The smallest absolute Gasteiger partial charge is 0.228 e. The molecule has 0 unspecified atom stereocenters. The number of nitrogens with two attached hydrogens (primary N) is 1. The number of anilines is 2. The zero-order valence-electron chi connectivity index (χ0n) is 18.7. The number of aromatic nitrogens is 4. The molecular formula is C24H26FN7O. The van der Waals surface area contributed by atoms with E-state index in [1.165, 1.54) is 17.7 Å². The molecule has 8 nitrogen and oxygen atoms in total. The zero-order chi connectivity index (χ0) is 22.9. The molecule has 0 saturated carbocycles. The Morgan fingerprint density at radius 2 is 1.79 bits per heavy atom. The largest absolute Gasteiger partial charge is 0.497 e. The Morgan fingerprint density at radius 1 is 1.03 bits per heavy atom. The van der Waals surface area contributed by atoms with Crippen LogP contribution in [0, 0.1) is 5.82 Å². The minimum Gasteiger partial charge on any atom is -0.497 e. The van der Waals surface area contributed by atoms with Crippen molar-refractivity contribution in [3.63, 3.8) is 0 Å². The lowest BCUT2D eigenvalue weighted by Crippen LogP contribution is -2.46. The number of aryl methyl sites for hydroxylation is 1. The lowest BCUT2D eigenvalue weighted by molar-refractivity contribution is 0.248. The maximum Gasteiger partial charge on any atom is 0.228 e. The van der Waals surface area contributed by atoms with Crippen molar-refractivity contribution in [1.82, 2.24) is 24.6 Å². The average molecular weight is 448 g/mol. The number of ether oxygens (including phenoxy) is 1. The van der Waals surface area contributed by atoms with E-state index in [1.54, 1.807) is 24.9 Å². The Labute approximate surface area is 191 Å². The van der Waals surface area contributed by atoms with Crippen molar-refractivity contribution in [3.8, 4) is 17.0 Å². The number of piperazine rings is 1. The highest BCUT2D eigenvalue weighted by Crippen LogP contribution is 2.32. The number of nitrogen functional groups attached to an aromatic ring is 1. The molecule has 0 atom stereocenters. The number of benzene rings is 2. The number of fused-ring (bicyclic) bond motifs is 1. The maximum atomic E-state index is 14.0. The molecule has 0 spiro atoms. The van der Waals surface area contributed by atoms with Gasteiger partial charge in [-0.1, -0.05) is 24.3 Å². The van der Waals surface area contributed by atoms with Crippen LogP contribution < -0.4 is 15.4 Å². The standard InChI is InChI=1S/C24H26FN7O/c1-30-22(26)20-21(17-4-3-5-18(25)14-17)27-24(28-23(20)29-30)32-12-10-31(11-13-32)15-16-6-8-19(33-2)9-7-16/h3-9,14H,10-13,15,26H2,1-2H3. The molecule has 2 aromatic heterocycles. The predicted molar refractivity (Wildman–Crippen MR) is 127 cm³/mol. The van der Waals surface area contributed by atoms with E-state index in [4.69, 9.17) is 20.4 Å². The number of methoxy groups -OCH3 is 1. The van der Waals surface area contributed by atoms with Crippen LogP contribution >= 0.6 is 0 Å². The third-order valence-corrected chi connectivity index (χ3v) is 6.05. The van der Waals surface area contributed by atoms with E-state index in [0.717, 1.165) is 38.5 Å². The van der Waals surface area contributed by atoms with E-state index in [0.29, 0.717) is 34.1 Å². The van der Waals surface area contributed by atoms with E-state index >= 15 is 0 Å². The van der Waals surface area contributed by atoms with Gasteiger partial charge in [-0.2, -0.15) is 10.1 Å². The highest BCUT2D eigenvalue weighted by atomic mass is 19.1. The fourth-order valence-corrected chi connectivity index (χ4v) is 4.18. The summed E-state index contributed by atoms with van der Waals surface area (Å²) in [7, 11) is 3.44. The van der Waals surface area contributed by atoms with Gasteiger partial charge in [-0.25, -0.2) is 9.37 Å². The van der Waals surface area contributed by atoms with Crippen LogP contribution in [0.5, 0.6) is 5.75 Å². The average Bonchev–Trinajstić information content (AvgIpc) is 3.13. The van der Waals surface area contributed by atoms with E-state index < -0.39 is 0 Å². The number of hydrogen-bond donors (Lipinski definition) is 1. The number of hydrogen-bond acceptors (Lipinski definition) is 7. The number of halogens is 1. The van der Waals surface area contributed by atoms with Crippen LogP contribution in [0.1, 0.15) is 5.56 Å². The van der Waals surface area contributed by atoms with Crippen molar-refractivity contribution in [2.45, 2.75) is 6.54 Å². The van der Waals surface area contributed by atoms with Crippen molar-refractivity contribution in [2.75, 3.05) is 43.9 Å². The number of rotatable bonds is 5. The van der Waals surface area contributed by atoms with Crippen molar-refractivity contribution in [1.29, 1.82) is 0 Å². The predicted octanol–water partition coefficient (Wildman–Crippen LogP) is 3.08. The Balaban J connectivity index is 1.39. The van der Waals surface area contributed by atoms with Crippen LogP contribution in [0.4, 0.5) is 16.2 Å². The summed E-state index contributed by atoms with van der Waals surface area (Å²) >= 11 is 0. The second kappa shape index (κ2) is 8.67. The molecule has 0 amide bonds. The van der Waals surface area contributed by atoms with Crippen molar-refractivity contribution < 1.29 is 9.13 Å². The lowest BCUT2D eigenvalue weighted by Gasteiger charge is -2.34. The second-order valence-corrected chi connectivity index (χ2v) is 8.20. The molecular weight excluding hydrogens is 421 g/mol. The van der Waals surface area contributed by atoms with Gasteiger partial charge in [-0.05, 0) is 29.8 Å². The third kappa shape index (κ3) is 4.19. The summed E-state index contributed by atoms with van der Waals surface area (Å²) in [6.07, 6.45) is 0. The molecule has 5 rings (SSSR count). The maximum absolute atomic E-state index is 14.0. The van der Waals surface area contributed by atoms with Crippen LogP contribution in [-0.4, -0.2) is 57.9 Å². The molecule has 3 heterocycles. The first-order chi connectivity index (χ1) is 16.0. The number of nitrogens with zero attached hydrogens (tertiary/aromatic N) is 6. The summed E-state index contributed by atoms with van der Waals surface area (Å²) in [5.74, 6) is 1.58. The highest BCUT2D eigenvalue weighted by molar-refractivity contribution is 5.98. The van der Waals surface area contributed by atoms with Gasteiger partial charge in [0.25, 0.3) is 0 Å². The molecule has 1 saturated heterocycles. The first-order valence-corrected chi connectivity index (χ1v) is 10.9. The first-order valence-electron chi connectivity index (χ1n) is 10.9. The van der Waals surface area contributed by atoms with Crippen LogP contribution in [0.15, 0.2) is 48.5 Å². The summed E-state index contributed by atoms with van der Waals surface area (Å²) in [6, 6.07) is 14.5. The Bertz CT molecular complexity index is 1280. The molecule has 4 aromatic rings. The lowest BCUT2D eigenvalue weighted by atomic mass is 10.1. The minimum atomic E-state index is -0.324. The summed E-state index contributed by atoms with van der Waals surface area (Å²) in [6.45, 7) is 4.21. The first kappa shape index (κ1) is 21.1. The normalized spacial score (nSPS) is 14.7. The zero-order valence-corrected chi connectivity index (χ0v) is 18.7. The van der Waals surface area contributed by atoms with E-state index in [1.807, 2.05) is 18.2 Å². The van der Waals surface area contributed by atoms with Crippen LogP contribution in [0.2, 0.25) is 0 Å². The van der Waals surface area contributed by atoms with Gasteiger partial charge in [0, 0.05) is 45.3 Å². The Morgan fingerprint density at radius 3 is 2.48 bits per heavy atom. The summed E-state index contributed by atoms with van der Waals surface area (Å²) in [4.78, 5) is 14.1. The molecule has 9 heteroatoms. The fraction of sp³-hybridized carbons (Fsp3) is 0.292. The van der Waals surface area contributed by atoms with Gasteiger partial charge in [0.1, 0.15) is 17.4 Å². The van der Waals surface area contributed by atoms with Gasteiger partial charge in [0.05, 0.1) is 18.2 Å². The molecule has 1 fully saturated rings. The fourth-order valence-electron chi connectivity index (χ4n) is 4.18. The molecule has 0 radical (unpaired) electrons. The van der Waals surface area contributed by atoms with Crippen molar-refractivity contribution >= 4 is 22.8 Å². The third-order valence-electron chi connectivity index (χ3n) is 6.05. The Hall–Kier alpha value is -3.72. The molecule has 170 valence electrons. The summed E-state index contributed by atoms with van der Waals surface area (Å²) in [5.41, 5.74) is 9.27. The molecule has 1 aliphatic heterocycles. The summed E-state index contributed by atoms with van der Waals surface area (Å²) in [5, 5.41) is 5.10. The van der Waals surface area contributed by atoms with E-state index in [9.17, 15) is 4.39 Å². The van der Waals surface area contributed by atoms with E-state index in [2.05, 4.69) is 27.0 Å². The quantitative estimate of drug-likeness (QED) is 0.503. The van der Waals surface area contributed by atoms with Crippen molar-refractivity contribution in [2.24, 2.45) is 7.05 Å². The van der Waals surface area contributed by atoms with Crippen LogP contribution in [0.3, 0.4) is 0 Å². The van der Waals surface area contributed by atoms with Gasteiger partial charge in [0.2, 0.25) is 5.95 Å². The van der Waals surface area contributed by atoms with Gasteiger partial charge in [0.15, 0.2) is 5.65 Å². The minimum absolute atomic E-state index is 0.324. The molecule has 1 aliphatic rings. The van der Waals surface area contributed by atoms with E-state index in [-0.39, 0.29) is 5.82 Å². The van der Waals surface area contributed by atoms with Gasteiger partial charge in [-0.3, -0.25) is 9.58 Å². The second-order valence-electron chi connectivity index (χ2n) is 8.20. The highest BCUT2D eigenvalue weighted by Gasteiger charge is 2.23. The molecule has 33 heavy (non-hydrogen) atoms. The molecule has 0 bridgehead atoms. The van der Waals surface area contributed by atoms with Crippen LogP contribution in [0.25, 0.3) is 22.3 Å². The van der Waals surface area contributed by atoms with Gasteiger partial charge >= 0.3 is 0 Å². The van der Waals surface area contributed by atoms with Crippen molar-refractivity contribution in [3.05, 3.63) is 59.9 Å². The topological polar surface area (TPSA) is 85.3 Å². The Kier molecular flexibility index (Phi) is 5.55. The van der Waals surface area contributed by atoms with Crippen LogP contribution in [-0.2, 0) is 13.6 Å². The molecule has 2 aromatic carbocycles. The van der Waals surface area contributed by atoms with Gasteiger partial charge in [-0.15, -0.1) is 0 Å².